The van der Waals surface area contributed by atoms with Gasteiger partial charge >= 0.3 is 0 Å². The van der Waals surface area contributed by atoms with Crippen LogP contribution in [0.2, 0.25) is 0 Å². The molecule has 0 aromatic heterocycles. The summed E-state index contributed by atoms with van der Waals surface area (Å²) in [7, 11) is 0. The number of hydrogen-bond donors (Lipinski definition) is 0. The van der Waals surface area contributed by atoms with Crippen molar-refractivity contribution >= 4 is 5.57 Å². The van der Waals surface area contributed by atoms with Crippen LogP contribution >= 0.6 is 0 Å². The number of allylic oxidation sites excluding steroid dienone is 12. The van der Waals surface area contributed by atoms with E-state index in [2.05, 4.69) is 78.9 Å². The molecule has 5 aliphatic carbocycles. The normalized spacial score (nSPS) is 35.8. The van der Waals surface area contributed by atoms with Crippen LogP contribution in [0.3, 0.4) is 0 Å². The third-order valence-electron chi connectivity index (χ3n) is 7.09. The maximum atomic E-state index is 2.63. The zero-order valence-corrected chi connectivity index (χ0v) is 15.1. The first-order chi connectivity index (χ1) is 12.9. The van der Waals surface area contributed by atoms with Gasteiger partial charge in [-0.2, -0.15) is 0 Å². The van der Waals surface area contributed by atoms with Crippen molar-refractivity contribution in [1.29, 1.82) is 0 Å². The van der Waals surface area contributed by atoms with Gasteiger partial charge in [-0.05, 0) is 71.3 Å². The average Bonchev–Trinajstić information content (AvgIpc) is 3.43. The van der Waals surface area contributed by atoms with Crippen molar-refractivity contribution in [3.8, 4) is 0 Å². The minimum Gasteiger partial charge on any atom is -0.0839 e. The third kappa shape index (κ3) is 1.85. The fourth-order valence-electron chi connectivity index (χ4n) is 5.84. The second kappa shape index (κ2) is 5.33. The molecule has 0 radical (unpaired) electrons. The summed E-state index contributed by atoms with van der Waals surface area (Å²) in [5.41, 5.74) is 7.77. The van der Waals surface area contributed by atoms with Crippen LogP contribution in [0.1, 0.15) is 36.8 Å². The van der Waals surface area contributed by atoms with E-state index in [1.54, 1.807) is 11.1 Å². The lowest BCUT2D eigenvalue weighted by atomic mass is 9.59. The van der Waals surface area contributed by atoms with E-state index in [9.17, 15) is 0 Å². The molecule has 0 N–H and O–H groups in total. The first kappa shape index (κ1) is 14.8. The molecule has 1 saturated carbocycles. The van der Waals surface area contributed by atoms with Crippen LogP contribution in [0.25, 0.3) is 5.57 Å². The highest BCUT2D eigenvalue weighted by molar-refractivity contribution is 5.89. The standard InChI is InChI=1S/C26H24/c1-2-8-20(9-3-1)26(21-15-14-18-16-19(18)17-21)24-12-6-4-10-22(24)23-11-5-7-13-25(23)26/h1-6,8,10-12,14-15,17-20H,7,9,13,16H2. The lowest BCUT2D eigenvalue weighted by Crippen LogP contribution is -2.37. The fourth-order valence-corrected chi connectivity index (χ4v) is 5.84. The highest BCUT2D eigenvalue weighted by atomic mass is 14.5. The summed E-state index contributed by atoms with van der Waals surface area (Å²) in [6.45, 7) is 0. The van der Waals surface area contributed by atoms with Gasteiger partial charge in [0.15, 0.2) is 0 Å². The van der Waals surface area contributed by atoms with Crippen molar-refractivity contribution in [2.45, 2.75) is 31.1 Å². The molecule has 0 aliphatic heterocycles. The summed E-state index contributed by atoms with van der Waals surface area (Å²) in [4.78, 5) is 0. The summed E-state index contributed by atoms with van der Waals surface area (Å²) >= 11 is 0. The van der Waals surface area contributed by atoms with Gasteiger partial charge in [-0.1, -0.05) is 78.9 Å². The Bertz CT molecular complexity index is 962. The Labute approximate surface area is 156 Å². The van der Waals surface area contributed by atoms with E-state index in [4.69, 9.17) is 0 Å². The van der Waals surface area contributed by atoms with Gasteiger partial charge in [0.25, 0.3) is 0 Å². The smallest absolute Gasteiger partial charge is 0.0488 e. The molecule has 1 fully saturated rings. The second-order valence-corrected chi connectivity index (χ2v) is 8.39. The monoisotopic (exact) mass is 336 g/mol. The molecule has 5 aliphatic rings. The maximum absolute atomic E-state index is 2.63. The van der Waals surface area contributed by atoms with E-state index in [1.165, 1.54) is 36.0 Å². The van der Waals surface area contributed by atoms with E-state index < -0.39 is 0 Å². The molecule has 0 heteroatoms. The van der Waals surface area contributed by atoms with Gasteiger partial charge in [0, 0.05) is 5.41 Å². The van der Waals surface area contributed by atoms with Crippen molar-refractivity contribution in [1.82, 2.24) is 0 Å². The van der Waals surface area contributed by atoms with Crippen LogP contribution in [-0.2, 0) is 5.41 Å². The van der Waals surface area contributed by atoms with Gasteiger partial charge in [-0.15, -0.1) is 0 Å². The molecule has 1 aromatic rings. The molecular formula is C26H24. The molecule has 6 rings (SSSR count). The SMILES string of the molecule is C1=CCC(C2(C3=CC4CC4C=C3)C3=C(C=CCC3)c3ccccc32)C=C1. The highest BCUT2D eigenvalue weighted by Crippen LogP contribution is 2.61. The Kier molecular flexibility index (Phi) is 3.03. The van der Waals surface area contributed by atoms with Crippen molar-refractivity contribution in [3.05, 3.63) is 101 Å². The Hall–Kier alpha value is -2.34. The van der Waals surface area contributed by atoms with Crippen molar-refractivity contribution in [3.63, 3.8) is 0 Å². The zero-order valence-electron chi connectivity index (χ0n) is 15.1. The summed E-state index contributed by atoms with van der Waals surface area (Å²) in [5.74, 6) is 2.11. The summed E-state index contributed by atoms with van der Waals surface area (Å²) in [6.07, 6.45) is 26.5. The van der Waals surface area contributed by atoms with Crippen LogP contribution < -0.4 is 0 Å². The highest BCUT2D eigenvalue weighted by Gasteiger charge is 2.52. The van der Waals surface area contributed by atoms with E-state index in [0.717, 1.165) is 18.3 Å². The van der Waals surface area contributed by atoms with Gasteiger partial charge in [0.05, 0.1) is 0 Å². The number of hydrogen-bond acceptors (Lipinski definition) is 0. The predicted molar refractivity (Wildman–Crippen MR) is 109 cm³/mol. The molecule has 0 nitrogen and oxygen atoms in total. The predicted octanol–water partition coefficient (Wildman–Crippen LogP) is 6.31. The van der Waals surface area contributed by atoms with E-state index in [1.807, 2.05) is 0 Å². The summed E-state index contributed by atoms with van der Waals surface area (Å²) in [5, 5.41) is 0. The molecule has 4 unspecified atom stereocenters. The van der Waals surface area contributed by atoms with Crippen molar-refractivity contribution in [2.75, 3.05) is 0 Å². The average molecular weight is 336 g/mol. The molecule has 128 valence electrons. The minimum atomic E-state index is 0.0298. The molecule has 4 atom stereocenters. The summed E-state index contributed by atoms with van der Waals surface area (Å²) in [6, 6.07) is 9.20. The van der Waals surface area contributed by atoms with Gasteiger partial charge in [0.2, 0.25) is 0 Å². The van der Waals surface area contributed by atoms with Crippen LogP contribution in [0.5, 0.6) is 0 Å². The molecule has 0 bridgehead atoms. The largest absolute Gasteiger partial charge is 0.0839 e. The first-order valence-corrected chi connectivity index (χ1v) is 10.1. The topological polar surface area (TPSA) is 0 Å². The van der Waals surface area contributed by atoms with E-state index in [-0.39, 0.29) is 5.41 Å². The van der Waals surface area contributed by atoms with Crippen LogP contribution in [0.15, 0.2) is 90.1 Å². The van der Waals surface area contributed by atoms with Crippen LogP contribution in [0.4, 0.5) is 0 Å². The number of rotatable bonds is 2. The first-order valence-electron chi connectivity index (χ1n) is 10.1. The fraction of sp³-hybridized carbons (Fsp3) is 0.308. The van der Waals surface area contributed by atoms with Gasteiger partial charge in [0.1, 0.15) is 0 Å². The number of benzene rings is 1. The van der Waals surface area contributed by atoms with Gasteiger partial charge in [-0.3, -0.25) is 0 Å². The molecule has 0 saturated heterocycles. The number of fused-ring (bicyclic) bond motifs is 3. The van der Waals surface area contributed by atoms with E-state index in [0.29, 0.717) is 5.92 Å². The Morgan fingerprint density at radius 2 is 1.88 bits per heavy atom. The van der Waals surface area contributed by atoms with Gasteiger partial charge in [-0.25, -0.2) is 0 Å². The van der Waals surface area contributed by atoms with Crippen LogP contribution in [0, 0.1) is 17.8 Å². The lowest BCUT2D eigenvalue weighted by molar-refractivity contribution is 0.431. The third-order valence-corrected chi connectivity index (χ3v) is 7.09. The van der Waals surface area contributed by atoms with Gasteiger partial charge < -0.3 is 0 Å². The maximum Gasteiger partial charge on any atom is 0.0488 e. The molecule has 1 aromatic carbocycles. The molecule has 26 heavy (non-hydrogen) atoms. The van der Waals surface area contributed by atoms with Crippen LogP contribution in [-0.4, -0.2) is 0 Å². The summed E-state index contributed by atoms with van der Waals surface area (Å²) < 4.78 is 0. The Balaban J connectivity index is 1.66. The minimum absolute atomic E-state index is 0.0298. The Morgan fingerprint density at radius 3 is 2.77 bits per heavy atom. The molecule has 0 heterocycles. The Morgan fingerprint density at radius 1 is 0.923 bits per heavy atom. The lowest BCUT2D eigenvalue weighted by Gasteiger charge is -2.43. The quantitative estimate of drug-likeness (QED) is 0.594. The molecule has 0 amide bonds. The van der Waals surface area contributed by atoms with Crippen molar-refractivity contribution < 1.29 is 0 Å². The molecule has 0 spiro atoms. The zero-order chi connectivity index (χ0) is 17.1. The van der Waals surface area contributed by atoms with Crippen molar-refractivity contribution in [2.24, 2.45) is 17.8 Å². The second-order valence-electron chi connectivity index (χ2n) is 8.39. The van der Waals surface area contributed by atoms with E-state index >= 15 is 0 Å². The molecular weight excluding hydrogens is 312 g/mol.